The van der Waals surface area contributed by atoms with Gasteiger partial charge in [-0.2, -0.15) is 9.30 Å². The zero-order valence-electron chi connectivity index (χ0n) is 16.5. The molecule has 2 heterocycles. The minimum absolute atomic E-state index is 0.323. The molecule has 0 saturated carbocycles. The fraction of sp³-hybridized carbons (Fsp3) is 0.500. The van der Waals surface area contributed by atoms with E-state index in [2.05, 4.69) is 4.99 Å². The number of fused-ring (bicyclic) bond motifs is 1. The van der Waals surface area contributed by atoms with Crippen LogP contribution in [0.3, 0.4) is 0 Å². The number of carbonyl (C=O) groups is 2. The Morgan fingerprint density at radius 3 is 2.72 bits per heavy atom. The predicted octanol–water partition coefficient (Wildman–Crippen LogP) is 0.987. The van der Waals surface area contributed by atoms with Gasteiger partial charge in [-0.1, -0.05) is 11.3 Å². The van der Waals surface area contributed by atoms with Crippen molar-refractivity contribution in [1.29, 1.82) is 0 Å². The molecule has 1 aromatic carbocycles. The summed E-state index contributed by atoms with van der Waals surface area (Å²) in [5.41, 5.74) is 1.20. The molecule has 1 fully saturated rings. The van der Waals surface area contributed by atoms with Crippen molar-refractivity contribution in [3.8, 4) is 0 Å². The molecule has 1 aliphatic rings. The van der Waals surface area contributed by atoms with Crippen LogP contribution in [0.5, 0.6) is 0 Å². The minimum atomic E-state index is -3.48. The molecule has 1 aliphatic heterocycles. The lowest BCUT2D eigenvalue weighted by molar-refractivity contribution is -0.121. The second kappa shape index (κ2) is 8.74. The number of amides is 1. The number of benzene rings is 1. The quantitative estimate of drug-likeness (QED) is 0.619. The van der Waals surface area contributed by atoms with Crippen molar-refractivity contribution in [1.82, 2.24) is 8.87 Å². The first-order valence-corrected chi connectivity index (χ1v) is 11.7. The summed E-state index contributed by atoms with van der Waals surface area (Å²) in [4.78, 5) is 29.3. The number of methoxy groups -OCH3 is 2. The van der Waals surface area contributed by atoms with E-state index < -0.39 is 27.9 Å². The Kier molecular flexibility index (Phi) is 6.52. The molecule has 29 heavy (non-hydrogen) atoms. The van der Waals surface area contributed by atoms with Gasteiger partial charge in [0.1, 0.15) is 6.04 Å². The molecule has 0 bridgehead atoms. The highest BCUT2D eigenvalue weighted by Gasteiger charge is 2.36. The van der Waals surface area contributed by atoms with Crippen molar-refractivity contribution < 1.29 is 27.5 Å². The van der Waals surface area contributed by atoms with Crippen molar-refractivity contribution in [3.63, 3.8) is 0 Å². The second-order valence-electron chi connectivity index (χ2n) is 6.68. The summed E-state index contributed by atoms with van der Waals surface area (Å²) in [7, 11) is -0.586. The first-order valence-electron chi connectivity index (χ1n) is 9.02. The third-order valence-electron chi connectivity index (χ3n) is 4.74. The smallest absolute Gasteiger partial charge is 0.337 e. The van der Waals surface area contributed by atoms with Gasteiger partial charge in [0.15, 0.2) is 4.80 Å². The SMILES string of the molecule is COCCn1c(=NC(=O)C2CCCN2S(C)(=O)=O)sc2cc(C(=O)OC)ccc21. The molecule has 11 heteroatoms. The maximum Gasteiger partial charge on any atom is 0.337 e. The normalized spacial score (nSPS) is 18.4. The molecule has 1 amide bonds. The van der Waals surface area contributed by atoms with Crippen LogP contribution >= 0.6 is 11.3 Å². The molecular weight excluding hydrogens is 418 g/mol. The summed E-state index contributed by atoms with van der Waals surface area (Å²) < 4.78 is 37.6. The fourth-order valence-corrected chi connectivity index (χ4v) is 5.57. The number of esters is 1. The van der Waals surface area contributed by atoms with E-state index in [-0.39, 0.29) is 0 Å². The van der Waals surface area contributed by atoms with Crippen LogP contribution in [0.2, 0.25) is 0 Å². The second-order valence-corrected chi connectivity index (χ2v) is 9.63. The van der Waals surface area contributed by atoms with Gasteiger partial charge in [0.2, 0.25) is 10.0 Å². The van der Waals surface area contributed by atoms with Gasteiger partial charge in [0.25, 0.3) is 5.91 Å². The first-order chi connectivity index (χ1) is 13.8. The standard InChI is InChI=1S/C18H23N3O6S2/c1-26-10-9-20-13-7-6-12(17(23)27-2)11-15(13)28-18(20)19-16(22)14-5-4-8-21(14)29(3,24)25/h6-7,11,14H,4-5,8-10H2,1-3H3. The molecule has 0 spiro atoms. The summed E-state index contributed by atoms with van der Waals surface area (Å²) in [6.45, 7) is 1.19. The van der Waals surface area contributed by atoms with E-state index in [1.807, 2.05) is 4.57 Å². The summed E-state index contributed by atoms with van der Waals surface area (Å²) in [6.07, 6.45) is 2.17. The van der Waals surface area contributed by atoms with Gasteiger partial charge in [0.05, 0.1) is 35.8 Å². The Balaban J connectivity index is 2.06. The Labute approximate surface area is 172 Å². The fourth-order valence-electron chi connectivity index (χ4n) is 3.35. The van der Waals surface area contributed by atoms with Gasteiger partial charge in [-0.3, -0.25) is 4.79 Å². The summed E-state index contributed by atoms with van der Waals surface area (Å²) in [6, 6.07) is 4.34. The topological polar surface area (TPSA) is 107 Å². The average molecular weight is 442 g/mol. The molecule has 0 radical (unpaired) electrons. The molecule has 3 rings (SSSR count). The van der Waals surface area contributed by atoms with Gasteiger partial charge >= 0.3 is 5.97 Å². The Morgan fingerprint density at radius 1 is 1.31 bits per heavy atom. The maximum absolute atomic E-state index is 12.8. The molecule has 158 valence electrons. The van der Waals surface area contributed by atoms with Crippen LogP contribution in [0.1, 0.15) is 23.2 Å². The highest BCUT2D eigenvalue weighted by Crippen LogP contribution is 2.23. The largest absolute Gasteiger partial charge is 0.465 e. The number of rotatable bonds is 6. The van der Waals surface area contributed by atoms with E-state index >= 15 is 0 Å². The maximum atomic E-state index is 12.8. The average Bonchev–Trinajstić information content (AvgIpc) is 3.30. The van der Waals surface area contributed by atoms with E-state index in [0.29, 0.717) is 42.9 Å². The van der Waals surface area contributed by atoms with E-state index in [4.69, 9.17) is 9.47 Å². The molecule has 9 nitrogen and oxygen atoms in total. The van der Waals surface area contributed by atoms with Crippen LogP contribution < -0.4 is 4.80 Å². The molecular formula is C18H23N3O6S2. The van der Waals surface area contributed by atoms with Gasteiger partial charge < -0.3 is 14.0 Å². The van der Waals surface area contributed by atoms with Crippen LogP contribution in [-0.4, -0.2) is 68.8 Å². The molecule has 1 atom stereocenters. The van der Waals surface area contributed by atoms with E-state index in [9.17, 15) is 18.0 Å². The number of carbonyl (C=O) groups excluding carboxylic acids is 2. The number of ether oxygens (including phenoxy) is 2. The molecule has 1 unspecified atom stereocenters. The van der Waals surface area contributed by atoms with Crippen molar-refractivity contribution in [3.05, 3.63) is 28.6 Å². The number of hydrogen-bond donors (Lipinski definition) is 0. The van der Waals surface area contributed by atoms with Crippen LogP contribution in [-0.2, 0) is 30.8 Å². The molecule has 1 aromatic heterocycles. The summed E-state index contributed by atoms with van der Waals surface area (Å²) >= 11 is 1.26. The van der Waals surface area contributed by atoms with Crippen LogP contribution in [0, 0.1) is 0 Å². The lowest BCUT2D eigenvalue weighted by Crippen LogP contribution is -2.40. The number of hydrogen-bond acceptors (Lipinski definition) is 7. The first kappa shape index (κ1) is 21.6. The lowest BCUT2D eigenvalue weighted by atomic mass is 10.2. The van der Waals surface area contributed by atoms with Crippen LogP contribution in [0.4, 0.5) is 0 Å². The molecule has 1 saturated heterocycles. The predicted molar refractivity (Wildman–Crippen MR) is 108 cm³/mol. The molecule has 0 aliphatic carbocycles. The highest BCUT2D eigenvalue weighted by atomic mass is 32.2. The monoisotopic (exact) mass is 441 g/mol. The molecule has 0 N–H and O–H groups in total. The zero-order valence-corrected chi connectivity index (χ0v) is 18.1. The van der Waals surface area contributed by atoms with Crippen LogP contribution in [0.25, 0.3) is 10.2 Å². The third-order valence-corrected chi connectivity index (χ3v) is 7.07. The number of thiazole rings is 1. The highest BCUT2D eigenvalue weighted by molar-refractivity contribution is 7.88. The van der Waals surface area contributed by atoms with Gasteiger partial charge in [-0.05, 0) is 31.0 Å². The number of aromatic nitrogens is 1. The number of nitrogens with zero attached hydrogens (tertiary/aromatic N) is 3. The van der Waals surface area contributed by atoms with Gasteiger partial charge in [-0.15, -0.1) is 0 Å². The Morgan fingerprint density at radius 2 is 2.07 bits per heavy atom. The zero-order chi connectivity index (χ0) is 21.2. The number of sulfonamides is 1. The van der Waals surface area contributed by atoms with Crippen molar-refractivity contribution in [2.75, 3.05) is 33.6 Å². The molecule has 2 aromatic rings. The van der Waals surface area contributed by atoms with E-state index in [1.165, 1.54) is 22.8 Å². The van der Waals surface area contributed by atoms with Crippen LogP contribution in [0.15, 0.2) is 23.2 Å². The van der Waals surface area contributed by atoms with Crippen molar-refractivity contribution in [2.45, 2.75) is 25.4 Å². The van der Waals surface area contributed by atoms with Gasteiger partial charge in [0, 0.05) is 20.2 Å². The minimum Gasteiger partial charge on any atom is -0.465 e. The lowest BCUT2D eigenvalue weighted by Gasteiger charge is -2.18. The Hall–Kier alpha value is -2.08. The van der Waals surface area contributed by atoms with Crippen molar-refractivity contribution in [2.24, 2.45) is 4.99 Å². The summed E-state index contributed by atoms with van der Waals surface area (Å²) in [5, 5.41) is 0. The van der Waals surface area contributed by atoms with E-state index in [1.54, 1.807) is 25.3 Å². The summed E-state index contributed by atoms with van der Waals surface area (Å²) in [5.74, 6) is -0.938. The van der Waals surface area contributed by atoms with E-state index in [0.717, 1.165) is 16.5 Å². The van der Waals surface area contributed by atoms with Crippen molar-refractivity contribution >= 4 is 43.5 Å². The third kappa shape index (κ3) is 4.58. The Bertz CT molecular complexity index is 1100. The van der Waals surface area contributed by atoms with Gasteiger partial charge in [-0.25, -0.2) is 13.2 Å².